The van der Waals surface area contributed by atoms with Crippen LogP contribution in [0, 0.1) is 5.92 Å². The largest absolute Gasteiger partial charge is 0.299 e. The second-order valence-electron chi connectivity index (χ2n) is 4.23. The van der Waals surface area contributed by atoms with Crippen molar-refractivity contribution in [3.05, 3.63) is 24.3 Å². The predicted molar refractivity (Wildman–Crippen MR) is 55.7 cm³/mol. The van der Waals surface area contributed by atoms with E-state index in [9.17, 15) is 0 Å². The zero-order chi connectivity index (χ0) is 9.80. The first-order valence-corrected chi connectivity index (χ1v) is 5.31. The maximum Gasteiger partial charge on any atom is 0.115 e. The molecule has 76 valence electrons. The number of likely N-dealkylation sites (tertiary alicyclic amines) is 1. The zero-order valence-corrected chi connectivity index (χ0v) is 8.69. The number of rotatable bonds is 2. The Bertz CT molecular complexity index is 273. The topological polar surface area (TPSA) is 29.0 Å². The van der Waals surface area contributed by atoms with Crippen molar-refractivity contribution in [2.75, 3.05) is 13.1 Å². The number of piperidine rings is 1. The van der Waals surface area contributed by atoms with Crippen molar-refractivity contribution in [3.8, 4) is 0 Å². The van der Waals surface area contributed by atoms with E-state index in [1.165, 1.54) is 31.5 Å². The van der Waals surface area contributed by atoms with Gasteiger partial charge in [-0.15, -0.1) is 0 Å². The lowest BCUT2D eigenvalue weighted by Gasteiger charge is -2.30. The van der Waals surface area contributed by atoms with Gasteiger partial charge in [0.2, 0.25) is 0 Å². The summed E-state index contributed by atoms with van der Waals surface area (Å²) < 4.78 is 0. The lowest BCUT2D eigenvalue weighted by atomic mass is 10.00. The molecule has 0 bridgehead atoms. The molecular weight excluding hydrogens is 174 g/mol. The van der Waals surface area contributed by atoms with Crippen LogP contribution in [0.1, 0.15) is 25.3 Å². The Kier molecular flexibility index (Phi) is 3.09. The fraction of sp³-hybridized carbons (Fsp3) is 0.636. The Morgan fingerprint density at radius 1 is 1.43 bits per heavy atom. The van der Waals surface area contributed by atoms with Gasteiger partial charge in [-0.25, -0.2) is 9.97 Å². The van der Waals surface area contributed by atoms with E-state index in [0.29, 0.717) is 0 Å². The van der Waals surface area contributed by atoms with Crippen LogP contribution in [0.15, 0.2) is 18.7 Å². The highest BCUT2D eigenvalue weighted by Gasteiger charge is 2.15. The summed E-state index contributed by atoms with van der Waals surface area (Å²) in [5.41, 5.74) is 1.22. The molecule has 0 unspecified atom stereocenters. The van der Waals surface area contributed by atoms with Crippen LogP contribution in [-0.4, -0.2) is 28.0 Å². The van der Waals surface area contributed by atoms with Crippen molar-refractivity contribution in [1.82, 2.24) is 14.9 Å². The smallest absolute Gasteiger partial charge is 0.115 e. The fourth-order valence-corrected chi connectivity index (χ4v) is 2.10. The third kappa shape index (κ3) is 2.51. The minimum absolute atomic E-state index is 0.841. The minimum atomic E-state index is 0.841. The zero-order valence-electron chi connectivity index (χ0n) is 8.69. The molecule has 0 amide bonds. The maximum atomic E-state index is 4.03. The molecule has 0 aromatic carbocycles. The average Bonchev–Trinajstić information content (AvgIpc) is 2.19. The first-order chi connectivity index (χ1) is 6.84. The Hall–Kier alpha value is -0.960. The molecule has 3 heteroatoms. The van der Waals surface area contributed by atoms with Gasteiger partial charge in [0.05, 0.1) is 0 Å². The van der Waals surface area contributed by atoms with Crippen LogP contribution in [0.3, 0.4) is 0 Å². The Balaban J connectivity index is 1.91. The van der Waals surface area contributed by atoms with Crippen LogP contribution in [0.25, 0.3) is 0 Å². The van der Waals surface area contributed by atoms with Crippen LogP contribution < -0.4 is 0 Å². The molecule has 1 saturated heterocycles. The highest BCUT2D eigenvalue weighted by Crippen LogP contribution is 2.16. The highest BCUT2D eigenvalue weighted by atomic mass is 15.1. The number of hydrogen-bond donors (Lipinski definition) is 0. The van der Waals surface area contributed by atoms with Gasteiger partial charge < -0.3 is 0 Å². The van der Waals surface area contributed by atoms with Crippen molar-refractivity contribution in [1.29, 1.82) is 0 Å². The van der Waals surface area contributed by atoms with E-state index in [-0.39, 0.29) is 0 Å². The summed E-state index contributed by atoms with van der Waals surface area (Å²) in [5, 5.41) is 0. The quantitative estimate of drug-likeness (QED) is 0.712. The normalized spacial score (nSPS) is 23.6. The Morgan fingerprint density at radius 3 is 2.93 bits per heavy atom. The standard InChI is InChI=1S/C11H17N3/c1-10-3-2-4-14(7-10)8-11-5-12-9-13-6-11/h5-6,9-10H,2-4,7-8H2,1H3/t10-/m0/s1. The van der Waals surface area contributed by atoms with E-state index in [1.54, 1.807) is 6.33 Å². The molecule has 14 heavy (non-hydrogen) atoms. The molecule has 0 N–H and O–H groups in total. The van der Waals surface area contributed by atoms with E-state index < -0.39 is 0 Å². The van der Waals surface area contributed by atoms with Gasteiger partial charge in [0.25, 0.3) is 0 Å². The number of nitrogens with zero attached hydrogens (tertiary/aromatic N) is 3. The van der Waals surface area contributed by atoms with Crippen LogP contribution >= 0.6 is 0 Å². The van der Waals surface area contributed by atoms with Crippen LogP contribution in [-0.2, 0) is 6.54 Å². The van der Waals surface area contributed by atoms with Crippen molar-refractivity contribution in [2.45, 2.75) is 26.3 Å². The molecule has 2 rings (SSSR count). The van der Waals surface area contributed by atoms with Gasteiger partial charge in [-0.05, 0) is 25.3 Å². The fourth-order valence-electron chi connectivity index (χ4n) is 2.10. The number of aromatic nitrogens is 2. The molecule has 1 aromatic heterocycles. The summed E-state index contributed by atoms with van der Waals surface area (Å²) >= 11 is 0. The van der Waals surface area contributed by atoms with E-state index in [1.807, 2.05) is 12.4 Å². The Labute approximate surface area is 85.2 Å². The Morgan fingerprint density at radius 2 is 2.21 bits per heavy atom. The lowest BCUT2D eigenvalue weighted by Crippen LogP contribution is -2.33. The van der Waals surface area contributed by atoms with E-state index in [2.05, 4.69) is 21.8 Å². The predicted octanol–water partition coefficient (Wildman–Crippen LogP) is 1.71. The van der Waals surface area contributed by atoms with Crippen molar-refractivity contribution in [3.63, 3.8) is 0 Å². The molecule has 1 aromatic rings. The van der Waals surface area contributed by atoms with Gasteiger partial charge in [-0.3, -0.25) is 4.90 Å². The minimum Gasteiger partial charge on any atom is -0.299 e. The summed E-state index contributed by atoms with van der Waals surface area (Å²) in [6.45, 7) is 5.77. The second kappa shape index (κ2) is 4.51. The van der Waals surface area contributed by atoms with Gasteiger partial charge in [-0.2, -0.15) is 0 Å². The van der Waals surface area contributed by atoms with Gasteiger partial charge >= 0.3 is 0 Å². The molecule has 1 atom stereocenters. The van der Waals surface area contributed by atoms with Crippen molar-refractivity contribution >= 4 is 0 Å². The second-order valence-corrected chi connectivity index (χ2v) is 4.23. The third-order valence-corrected chi connectivity index (χ3v) is 2.76. The molecule has 3 nitrogen and oxygen atoms in total. The molecule has 0 radical (unpaired) electrons. The molecule has 0 aliphatic carbocycles. The molecule has 2 heterocycles. The van der Waals surface area contributed by atoms with E-state index >= 15 is 0 Å². The molecule has 0 saturated carbocycles. The van der Waals surface area contributed by atoms with Crippen molar-refractivity contribution in [2.24, 2.45) is 5.92 Å². The molecule has 1 aliphatic heterocycles. The molecular formula is C11H17N3. The first-order valence-electron chi connectivity index (χ1n) is 5.31. The highest BCUT2D eigenvalue weighted by molar-refractivity contribution is 5.02. The van der Waals surface area contributed by atoms with Gasteiger partial charge in [0, 0.05) is 31.0 Å². The lowest BCUT2D eigenvalue weighted by molar-refractivity contribution is 0.176. The van der Waals surface area contributed by atoms with Crippen molar-refractivity contribution < 1.29 is 0 Å². The summed E-state index contributed by atoms with van der Waals surface area (Å²) in [4.78, 5) is 10.6. The van der Waals surface area contributed by atoms with Gasteiger partial charge in [0.1, 0.15) is 6.33 Å². The SMILES string of the molecule is C[C@H]1CCCN(Cc2cncnc2)C1. The van der Waals surface area contributed by atoms with Gasteiger partial charge in [-0.1, -0.05) is 6.92 Å². The summed E-state index contributed by atoms with van der Waals surface area (Å²) in [7, 11) is 0. The summed E-state index contributed by atoms with van der Waals surface area (Å²) in [6.07, 6.45) is 8.11. The average molecular weight is 191 g/mol. The van der Waals surface area contributed by atoms with Crippen LogP contribution in [0.5, 0.6) is 0 Å². The molecule has 0 spiro atoms. The van der Waals surface area contributed by atoms with Crippen LogP contribution in [0.2, 0.25) is 0 Å². The molecule has 1 aliphatic rings. The van der Waals surface area contributed by atoms with Gasteiger partial charge in [0.15, 0.2) is 0 Å². The molecule has 1 fully saturated rings. The van der Waals surface area contributed by atoms with Crippen LogP contribution in [0.4, 0.5) is 0 Å². The summed E-state index contributed by atoms with van der Waals surface area (Å²) in [6, 6.07) is 0. The maximum absolute atomic E-state index is 4.03. The monoisotopic (exact) mass is 191 g/mol. The van der Waals surface area contributed by atoms with E-state index in [4.69, 9.17) is 0 Å². The summed E-state index contributed by atoms with van der Waals surface area (Å²) in [5.74, 6) is 0.841. The third-order valence-electron chi connectivity index (χ3n) is 2.76. The first kappa shape index (κ1) is 9.59. The number of hydrogen-bond acceptors (Lipinski definition) is 3. The van der Waals surface area contributed by atoms with E-state index in [0.717, 1.165) is 12.5 Å².